The molecule has 0 spiro atoms. The summed E-state index contributed by atoms with van der Waals surface area (Å²) >= 11 is 3.48. The van der Waals surface area contributed by atoms with Crippen molar-refractivity contribution in [1.82, 2.24) is 5.43 Å². The van der Waals surface area contributed by atoms with E-state index in [0.717, 1.165) is 35.9 Å². The van der Waals surface area contributed by atoms with Crippen LogP contribution in [0.5, 0.6) is 5.75 Å². The maximum Gasteiger partial charge on any atom is 0.277 e. The molecule has 0 aromatic heterocycles. The first-order chi connectivity index (χ1) is 11.0. The van der Waals surface area contributed by atoms with E-state index < -0.39 is 0 Å². The number of benzene rings is 1. The highest BCUT2D eigenvalue weighted by Crippen LogP contribution is 2.28. The third-order valence-electron chi connectivity index (χ3n) is 3.55. The zero-order chi connectivity index (χ0) is 17.2. The predicted octanol–water partition coefficient (Wildman–Crippen LogP) is 5.02. The molecule has 5 heteroatoms. The Hall–Kier alpha value is -1.36. The van der Waals surface area contributed by atoms with Crippen molar-refractivity contribution in [1.29, 1.82) is 0 Å². The summed E-state index contributed by atoms with van der Waals surface area (Å²) in [5.74, 6) is 0.871. The van der Waals surface area contributed by atoms with Gasteiger partial charge >= 0.3 is 0 Å². The summed E-state index contributed by atoms with van der Waals surface area (Å²) in [6.07, 6.45) is 3.99. The van der Waals surface area contributed by atoms with Crippen LogP contribution in [0.1, 0.15) is 64.9 Å². The SMILES string of the molecule is CCCC/C(CC)=N/NC(=O)COc1ccc(C(C)C)cc1Br. The molecule has 0 fully saturated rings. The molecule has 0 radical (unpaired) electrons. The largest absolute Gasteiger partial charge is 0.483 e. The Morgan fingerprint density at radius 1 is 1.35 bits per heavy atom. The van der Waals surface area contributed by atoms with Gasteiger partial charge in [0.15, 0.2) is 6.61 Å². The van der Waals surface area contributed by atoms with Gasteiger partial charge in [-0.05, 0) is 58.8 Å². The minimum atomic E-state index is -0.243. The van der Waals surface area contributed by atoms with Crippen molar-refractivity contribution < 1.29 is 9.53 Å². The highest BCUT2D eigenvalue weighted by molar-refractivity contribution is 9.10. The van der Waals surface area contributed by atoms with Gasteiger partial charge in [-0.15, -0.1) is 0 Å². The van der Waals surface area contributed by atoms with Crippen molar-refractivity contribution in [2.75, 3.05) is 6.61 Å². The lowest BCUT2D eigenvalue weighted by Crippen LogP contribution is -2.25. The van der Waals surface area contributed by atoms with Gasteiger partial charge in [-0.1, -0.05) is 40.2 Å². The molecule has 4 nitrogen and oxygen atoms in total. The summed E-state index contributed by atoms with van der Waals surface area (Å²) in [5.41, 5.74) is 4.81. The van der Waals surface area contributed by atoms with E-state index in [4.69, 9.17) is 4.74 Å². The number of hydrazone groups is 1. The minimum Gasteiger partial charge on any atom is -0.483 e. The van der Waals surface area contributed by atoms with Crippen molar-refractivity contribution in [3.63, 3.8) is 0 Å². The molecule has 128 valence electrons. The highest BCUT2D eigenvalue weighted by atomic mass is 79.9. The number of carbonyl (C=O) groups is 1. The molecule has 0 saturated heterocycles. The molecule has 0 heterocycles. The van der Waals surface area contributed by atoms with Crippen molar-refractivity contribution in [3.05, 3.63) is 28.2 Å². The van der Waals surface area contributed by atoms with E-state index in [1.54, 1.807) is 0 Å². The second kappa shape index (κ2) is 10.4. The lowest BCUT2D eigenvalue weighted by Gasteiger charge is -2.11. The average Bonchev–Trinajstić information content (AvgIpc) is 2.53. The molecule has 0 saturated carbocycles. The van der Waals surface area contributed by atoms with Crippen LogP contribution in [0.25, 0.3) is 0 Å². The van der Waals surface area contributed by atoms with Gasteiger partial charge in [-0.2, -0.15) is 5.10 Å². The van der Waals surface area contributed by atoms with Crippen LogP contribution in [0.3, 0.4) is 0 Å². The molecule has 1 aromatic carbocycles. The smallest absolute Gasteiger partial charge is 0.277 e. The number of ether oxygens (including phenoxy) is 1. The topological polar surface area (TPSA) is 50.7 Å². The molecule has 0 aliphatic heterocycles. The number of halogens is 1. The zero-order valence-corrected chi connectivity index (χ0v) is 16.1. The number of hydrogen-bond donors (Lipinski definition) is 1. The summed E-state index contributed by atoms with van der Waals surface area (Å²) in [6, 6.07) is 5.92. The van der Waals surface area contributed by atoms with Crippen LogP contribution in [0.2, 0.25) is 0 Å². The molecule has 1 aromatic rings. The lowest BCUT2D eigenvalue weighted by molar-refractivity contribution is -0.123. The Morgan fingerprint density at radius 2 is 2.09 bits per heavy atom. The molecule has 1 N–H and O–H groups in total. The third kappa shape index (κ3) is 7.16. The summed E-state index contributed by atoms with van der Waals surface area (Å²) in [5, 5.41) is 4.18. The number of carbonyl (C=O) groups excluding carboxylic acids is 1. The van der Waals surface area contributed by atoms with Crippen molar-refractivity contribution in [2.24, 2.45) is 5.10 Å². The van der Waals surface area contributed by atoms with E-state index in [1.807, 2.05) is 25.1 Å². The van der Waals surface area contributed by atoms with Crippen LogP contribution in [-0.2, 0) is 4.79 Å². The van der Waals surface area contributed by atoms with Crippen LogP contribution < -0.4 is 10.2 Å². The Labute approximate surface area is 147 Å². The molecule has 0 bridgehead atoms. The molecular formula is C18H27BrN2O2. The van der Waals surface area contributed by atoms with Gasteiger partial charge in [0.1, 0.15) is 5.75 Å². The molecule has 0 unspecified atom stereocenters. The van der Waals surface area contributed by atoms with E-state index in [2.05, 4.69) is 47.2 Å². The fourth-order valence-corrected chi connectivity index (χ4v) is 2.51. The summed E-state index contributed by atoms with van der Waals surface area (Å²) < 4.78 is 6.41. The first-order valence-electron chi connectivity index (χ1n) is 8.24. The third-order valence-corrected chi connectivity index (χ3v) is 4.17. The Balaban J connectivity index is 2.51. The minimum absolute atomic E-state index is 0.0477. The Morgan fingerprint density at radius 3 is 2.65 bits per heavy atom. The number of rotatable bonds is 9. The number of nitrogens with zero attached hydrogens (tertiary/aromatic N) is 1. The molecule has 0 atom stereocenters. The van der Waals surface area contributed by atoms with E-state index in [9.17, 15) is 4.79 Å². The lowest BCUT2D eigenvalue weighted by atomic mass is 10.0. The summed E-state index contributed by atoms with van der Waals surface area (Å²) in [7, 11) is 0. The van der Waals surface area contributed by atoms with Crippen molar-refractivity contribution >= 4 is 27.5 Å². The van der Waals surface area contributed by atoms with Crippen molar-refractivity contribution in [3.8, 4) is 5.75 Å². The molecule has 0 aliphatic carbocycles. The van der Waals surface area contributed by atoms with Gasteiger partial charge in [0.05, 0.1) is 4.47 Å². The molecule has 0 aliphatic rings. The quantitative estimate of drug-likeness (QED) is 0.481. The van der Waals surface area contributed by atoms with Gasteiger partial charge in [0.2, 0.25) is 0 Å². The van der Waals surface area contributed by atoms with E-state index in [0.29, 0.717) is 11.7 Å². The van der Waals surface area contributed by atoms with Crippen LogP contribution >= 0.6 is 15.9 Å². The Bertz CT molecular complexity index is 542. The average molecular weight is 383 g/mol. The standard InChI is InChI=1S/C18H27BrN2O2/c1-5-7-8-15(6-2)20-21-18(22)12-23-17-10-9-14(13(3)4)11-16(17)19/h9-11,13H,5-8,12H2,1-4H3,(H,21,22)/b20-15+. The molecular weight excluding hydrogens is 356 g/mol. The second-order valence-electron chi connectivity index (χ2n) is 5.80. The zero-order valence-electron chi connectivity index (χ0n) is 14.5. The molecule has 1 amide bonds. The van der Waals surface area contributed by atoms with Gasteiger partial charge in [-0.3, -0.25) is 4.79 Å². The number of hydrogen-bond acceptors (Lipinski definition) is 3. The number of nitrogens with one attached hydrogen (secondary N) is 1. The number of amides is 1. The molecule has 23 heavy (non-hydrogen) atoms. The summed E-state index contributed by atoms with van der Waals surface area (Å²) in [6.45, 7) is 8.41. The normalized spacial score (nSPS) is 11.7. The number of unbranched alkanes of at least 4 members (excludes halogenated alkanes) is 1. The van der Waals surface area contributed by atoms with Gasteiger partial charge in [0.25, 0.3) is 5.91 Å². The maximum absolute atomic E-state index is 11.8. The van der Waals surface area contributed by atoms with E-state index in [1.165, 1.54) is 5.56 Å². The highest BCUT2D eigenvalue weighted by Gasteiger charge is 2.08. The first kappa shape index (κ1) is 19.7. The fourth-order valence-electron chi connectivity index (χ4n) is 2.00. The maximum atomic E-state index is 11.8. The van der Waals surface area contributed by atoms with E-state index in [-0.39, 0.29) is 12.5 Å². The predicted molar refractivity (Wildman–Crippen MR) is 99.1 cm³/mol. The van der Waals surface area contributed by atoms with Crippen LogP contribution in [0.15, 0.2) is 27.8 Å². The van der Waals surface area contributed by atoms with Crippen molar-refractivity contribution in [2.45, 2.75) is 59.3 Å². The van der Waals surface area contributed by atoms with E-state index >= 15 is 0 Å². The Kier molecular flexibility index (Phi) is 8.92. The van der Waals surface area contributed by atoms with Gasteiger partial charge in [-0.25, -0.2) is 5.43 Å². The van der Waals surface area contributed by atoms with Crippen LogP contribution in [-0.4, -0.2) is 18.2 Å². The fraction of sp³-hybridized carbons (Fsp3) is 0.556. The van der Waals surface area contributed by atoms with Crippen LogP contribution in [0.4, 0.5) is 0 Å². The van der Waals surface area contributed by atoms with Crippen LogP contribution in [0, 0.1) is 0 Å². The first-order valence-corrected chi connectivity index (χ1v) is 9.03. The second-order valence-corrected chi connectivity index (χ2v) is 6.66. The monoisotopic (exact) mass is 382 g/mol. The van der Waals surface area contributed by atoms with Gasteiger partial charge < -0.3 is 4.74 Å². The molecule has 1 rings (SSSR count). The summed E-state index contributed by atoms with van der Waals surface area (Å²) in [4.78, 5) is 11.8. The van der Waals surface area contributed by atoms with Gasteiger partial charge in [0, 0.05) is 5.71 Å².